The Morgan fingerprint density at radius 2 is 1.34 bits per heavy atom. The lowest BCUT2D eigenvalue weighted by atomic mass is 10.0. The zero-order valence-electron chi connectivity index (χ0n) is 21.1. The first-order chi connectivity index (χ1) is 17.0. The van der Waals surface area contributed by atoms with Crippen LogP contribution in [0.5, 0.6) is 0 Å². The molecule has 7 heteroatoms. The zero-order chi connectivity index (χ0) is 25.4. The first-order valence-electron chi connectivity index (χ1n) is 12.6. The summed E-state index contributed by atoms with van der Waals surface area (Å²) in [6.07, 6.45) is 6.09. The van der Waals surface area contributed by atoms with E-state index in [1.54, 1.807) is 25.2 Å². The first-order valence-corrected chi connectivity index (χ1v) is 12.6. The Morgan fingerprint density at radius 1 is 0.743 bits per heavy atom. The molecule has 0 spiro atoms. The molecule has 0 unspecified atom stereocenters. The topological polar surface area (TPSA) is 83.3 Å². The van der Waals surface area contributed by atoms with Crippen LogP contribution in [-0.2, 0) is 20.6 Å². The van der Waals surface area contributed by atoms with Gasteiger partial charge in [0.2, 0.25) is 0 Å². The van der Waals surface area contributed by atoms with E-state index in [2.05, 4.69) is 6.92 Å². The van der Waals surface area contributed by atoms with Gasteiger partial charge in [-0.15, -0.1) is 0 Å². The summed E-state index contributed by atoms with van der Waals surface area (Å²) < 4.78 is 17.7. The van der Waals surface area contributed by atoms with Crippen LogP contribution in [0.15, 0.2) is 30.3 Å². The number of carbonyl (C=O) groups is 3. The summed E-state index contributed by atoms with van der Waals surface area (Å²) in [5, 5.41) is 1.66. The van der Waals surface area contributed by atoms with Gasteiger partial charge < -0.3 is 18.6 Å². The van der Waals surface area contributed by atoms with Crippen LogP contribution in [0, 0.1) is 0 Å². The second kappa shape index (κ2) is 12.4. The van der Waals surface area contributed by atoms with Crippen molar-refractivity contribution in [3.05, 3.63) is 52.8 Å². The summed E-state index contributed by atoms with van der Waals surface area (Å²) >= 11 is 0. The number of fused-ring (bicyclic) bond motifs is 3. The van der Waals surface area contributed by atoms with Gasteiger partial charge in [0, 0.05) is 11.1 Å². The first kappa shape index (κ1) is 26.3. The van der Waals surface area contributed by atoms with Crippen LogP contribution in [0.2, 0.25) is 0 Å². The predicted octanol–water partition coefficient (Wildman–Crippen LogP) is 6.14. The molecule has 0 saturated heterocycles. The average Bonchev–Trinajstić information content (AvgIpc) is 3.21. The van der Waals surface area contributed by atoms with E-state index in [0.29, 0.717) is 11.9 Å². The summed E-state index contributed by atoms with van der Waals surface area (Å²) in [6, 6.07) is 9.65. The Labute approximate surface area is 206 Å². The molecule has 0 radical (unpaired) electrons. The van der Waals surface area contributed by atoms with Gasteiger partial charge in [-0.25, -0.2) is 14.4 Å². The van der Waals surface area contributed by atoms with Gasteiger partial charge in [-0.1, -0.05) is 56.9 Å². The van der Waals surface area contributed by atoms with Crippen molar-refractivity contribution in [3.8, 4) is 0 Å². The molecular formula is C28H35NO6. The van der Waals surface area contributed by atoms with Crippen LogP contribution in [0.3, 0.4) is 0 Å². The fourth-order valence-corrected chi connectivity index (χ4v) is 4.49. The molecule has 0 amide bonds. The lowest BCUT2D eigenvalue weighted by Crippen LogP contribution is -2.18. The van der Waals surface area contributed by atoms with Crippen molar-refractivity contribution < 1.29 is 28.6 Å². The monoisotopic (exact) mass is 481 g/mol. The molecule has 0 atom stereocenters. The van der Waals surface area contributed by atoms with Crippen molar-refractivity contribution in [2.45, 2.75) is 66.2 Å². The van der Waals surface area contributed by atoms with E-state index in [1.165, 1.54) is 6.42 Å². The molecule has 3 rings (SSSR count). The molecule has 7 nitrogen and oxygen atoms in total. The summed E-state index contributed by atoms with van der Waals surface area (Å²) in [5.41, 5.74) is 1.25. The molecule has 0 saturated carbocycles. The van der Waals surface area contributed by atoms with Crippen LogP contribution in [-0.4, -0.2) is 42.1 Å². The van der Waals surface area contributed by atoms with Gasteiger partial charge in [-0.3, -0.25) is 0 Å². The number of unbranched alkanes of at least 4 members (excludes halogenated alkanes) is 4. The third-order valence-corrected chi connectivity index (χ3v) is 5.96. The van der Waals surface area contributed by atoms with Crippen molar-refractivity contribution in [2.75, 3.05) is 19.8 Å². The number of pyridine rings is 1. The minimum absolute atomic E-state index is 0.0117. The highest BCUT2D eigenvalue weighted by molar-refractivity contribution is 6.19. The summed E-state index contributed by atoms with van der Waals surface area (Å²) in [5.74, 6) is -2.10. The minimum atomic E-state index is -0.750. The lowest BCUT2D eigenvalue weighted by molar-refractivity contribution is 0.0459. The molecule has 0 aliphatic rings. The van der Waals surface area contributed by atoms with Gasteiger partial charge in [0.15, 0.2) is 0 Å². The van der Waals surface area contributed by atoms with Crippen LogP contribution < -0.4 is 0 Å². The Balaban J connectivity index is 2.40. The number of aryl methyl sites for hydroxylation is 1. The average molecular weight is 482 g/mol. The molecule has 2 aromatic heterocycles. The molecule has 0 fully saturated rings. The third kappa shape index (κ3) is 5.50. The number of rotatable bonds is 12. The Hall–Kier alpha value is -3.35. The fraction of sp³-hybridized carbons (Fsp3) is 0.464. The quantitative estimate of drug-likeness (QED) is 0.176. The van der Waals surface area contributed by atoms with Gasteiger partial charge >= 0.3 is 17.9 Å². The largest absolute Gasteiger partial charge is 0.462 e. The van der Waals surface area contributed by atoms with Crippen molar-refractivity contribution in [1.82, 2.24) is 4.40 Å². The molecule has 0 N–H and O–H groups in total. The molecular weight excluding hydrogens is 446 g/mol. The maximum atomic E-state index is 13.3. The van der Waals surface area contributed by atoms with Crippen molar-refractivity contribution in [2.24, 2.45) is 0 Å². The van der Waals surface area contributed by atoms with Gasteiger partial charge in [0.1, 0.15) is 16.8 Å². The van der Waals surface area contributed by atoms with Crippen LogP contribution in [0.1, 0.15) is 96.7 Å². The summed E-state index contributed by atoms with van der Waals surface area (Å²) in [6.45, 7) is 7.61. The number of esters is 3. The van der Waals surface area contributed by atoms with Crippen LogP contribution in [0.4, 0.5) is 0 Å². The molecule has 0 aliphatic carbocycles. The molecule has 35 heavy (non-hydrogen) atoms. The Kier molecular flexibility index (Phi) is 9.29. The SMILES string of the molecule is CCCCCCCc1cc2ccccc2c2c(C(=O)OCC)c(C(=O)OCC)c(C(=O)OCC)n12. The molecule has 1 aromatic carbocycles. The van der Waals surface area contributed by atoms with Gasteiger partial charge in [-0.05, 0) is 45.1 Å². The van der Waals surface area contributed by atoms with E-state index in [-0.39, 0.29) is 36.6 Å². The van der Waals surface area contributed by atoms with E-state index in [1.807, 2.05) is 30.3 Å². The summed E-state index contributed by atoms with van der Waals surface area (Å²) in [7, 11) is 0. The molecule has 188 valence electrons. The minimum Gasteiger partial charge on any atom is -0.462 e. The van der Waals surface area contributed by atoms with E-state index in [9.17, 15) is 14.4 Å². The molecule has 2 heterocycles. The number of aromatic nitrogens is 1. The number of nitrogens with zero attached hydrogens (tertiary/aromatic N) is 1. The molecule has 0 bridgehead atoms. The van der Waals surface area contributed by atoms with Gasteiger partial charge in [0.25, 0.3) is 0 Å². The smallest absolute Gasteiger partial charge is 0.356 e. The van der Waals surface area contributed by atoms with Gasteiger partial charge in [-0.2, -0.15) is 0 Å². The Bertz CT molecular complexity index is 1210. The van der Waals surface area contributed by atoms with Crippen molar-refractivity contribution in [3.63, 3.8) is 0 Å². The predicted molar refractivity (Wildman–Crippen MR) is 135 cm³/mol. The van der Waals surface area contributed by atoms with E-state index >= 15 is 0 Å². The normalized spacial score (nSPS) is 11.1. The fourth-order valence-electron chi connectivity index (χ4n) is 4.49. The maximum Gasteiger partial charge on any atom is 0.356 e. The second-order valence-electron chi connectivity index (χ2n) is 8.33. The third-order valence-electron chi connectivity index (χ3n) is 5.96. The van der Waals surface area contributed by atoms with Crippen LogP contribution in [0.25, 0.3) is 16.3 Å². The highest BCUT2D eigenvalue weighted by Gasteiger charge is 2.35. The Morgan fingerprint density at radius 3 is 2.00 bits per heavy atom. The maximum absolute atomic E-state index is 13.3. The number of hydrogen-bond acceptors (Lipinski definition) is 6. The molecule has 3 aromatic rings. The van der Waals surface area contributed by atoms with Crippen molar-refractivity contribution >= 4 is 34.2 Å². The highest BCUT2D eigenvalue weighted by atomic mass is 16.5. The summed E-state index contributed by atoms with van der Waals surface area (Å²) in [4.78, 5) is 39.8. The van der Waals surface area contributed by atoms with Gasteiger partial charge in [0.05, 0.1) is 25.3 Å². The number of carbonyl (C=O) groups excluding carboxylic acids is 3. The van der Waals surface area contributed by atoms with Crippen LogP contribution >= 0.6 is 0 Å². The zero-order valence-corrected chi connectivity index (χ0v) is 21.1. The number of ether oxygens (including phenoxy) is 3. The standard InChI is InChI=1S/C28H35NO6/c1-5-9-10-11-12-16-20-18-19-15-13-14-17-21(19)24-22(26(30)33-6-2)23(27(31)34-7-3)25(29(20)24)28(32)35-8-4/h13-15,17-18H,5-12,16H2,1-4H3. The molecule has 0 aliphatic heterocycles. The van der Waals surface area contributed by atoms with E-state index in [0.717, 1.165) is 42.1 Å². The van der Waals surface area contributed by atoms with Crippen molar-refractivity contribution in [1.29, 1.82) is 0 Å². The van der Waals surface area contributed by atoms with E-state index < -0.39 is 17.9 Å². The van der Waals surface area contributed by atoms with E-state index in [4.69, 9.17) is 14.2 Å². The lowest BCUT2D eigenvalue weighted by Gasteiger charge is -2.13. The second-order valence-corrected chi connectivity index (χ2v) is 8.33. The number of hydrogen-bond donors (Lipinski definition) is 0. The number of benzene rings is 1. The highest BCUT2D eigenvalue weighted by Crippen LogP contribution is 2.34.